The summed E-state index contributed by atoms with van der Waals surface area (Å²) in [5.74, 6) is 0.839. The molecule has 1 saturated heterocycles. The number of hydrogen-bond acceptors (Lipinski definition) is 5. The van der Waals surface area contributed by atoms with E-state index >= 15 is 0 Å². The lowest BCUT2D eigenvalue weighted by Crippen LogP contribution is -2.24. The molecule has 9 heteroatoms. The van der Waals surface area contributed by atoms with Gasteiger partial charge < -0.3 is 20.1 Å². The second-order valence-corrected chi connectivity index (χ2v) is 9.15. The van der Waals surface area contributed by atoms with E-state index in [4.69, 9.17) is 38.4 Å². The van der Waals surface area contributed by atoms with Crippen LogP contribution in [0.1, 0.15) is 36.3 Å². The molecule has 7 nitrogen and oxygen atoms in total. The molecule has 0 saturated carbocycles. The standard InChI is InChI=1S/C27H23Cl2N3O4/c28-22-11-6-17(13-24(22)36-27-18(15-30)3-1-4-23(27)29)19-14-26(34)32(16-19)20-7-9-21(10-8-20)35-12-2-5-25(31)33/h1,3-4,6-11,13,19H,2,5,12,14,16H2,(H2,31,33)/t19-/m0/s1. The third-order valence-electron chi connectivity index (χ3n) is 5.84. The predicted molar refractivity (Wildman–Crippen MR) is 138 cm³/mol. The molecule has 184 valence electrons. The maximum Gasteiger partial charge on any atom is 0.227 e. The average molecular weight is 524 g/mol. The first-order valence-corrected chi connectivity index (χ1v) is 12.1. The van der Waals surface area contributed by atoms with Crippen molar-refractivity contribution in [3.05, 3.63) is 81.8 Å². The van der Waals surface area contributed by atoms with E-state index in [-0.39, 0.29) is 29.9 Å². The number of carbonyl (C=O) groups excluding carboxylic acids is 2. The van der Waals surface area contributed by atoms with E-state index < -0.39 is 0 Å². The van der Waals surface area contributed by atoms with Gasteiger partial charge in [0.1, 0.15) is 17.6 Å². The van der Waals surface area contributed by atoms with E-state index in [0.717, 1.165) is 11.3 Å². The van der Waals surface area contributed by atoms with Crippen LogP contribution in [0.3, 0.4) is 0 Å². The number of primary amides is 1. The molecule has 1 aliphatic rings. The van der Waals surface area contributed by atoms with Crippen molar-refractivity contribution in [2.45, 2.75) is 25.2 Å². The number of carbonyl (C=O) groups is 2. The number of nitrogens with two attached hydrogens (primary N) is 1. The summed E-state index contributed by atoms with van der Waals surface area (Å²) in [6.45, 7) is 0.881. The first-order valence-electron chi connectivity index (χ1n) is 11.3. The summed E-state index contributed by atoms with van der Waals surface area (Å²) in [4.78, 5) is 25.4. The third-order valence-corrected chi connectivity index (χ3v) is 6.45. The summed E-state index contributed by atoms with van der Waals surface area (Å²) in [6, 6.07) is 19.6. The summed E-state index contributed by atoms with van der Waals surface area (Å²) >= 11 is 12.6. The number of benzene rings is 3. The Labute approximate surface area is 218 Å². The highest BCUT2D eigenvalue weighted by Crippen LogP contribution is 2.39. The number of ether oxygens (including phenoxy) is 2. The molecular weight excluding hydrogens is 501 g/mol. The first-order chi connectivity index (χ1) is 17.4. The highest BCUT2D eigenvalue weighted by Gasteiger charge is 2.32. The van der Waals surface area contributed by atoms with E-state index in [1.165, 1.54) is 0 Å². The van der Waals surface area contributed by atoms with Gasteiger partial charge in [0.2, 0.25) is 11.8 Å². The molecular formula is C27H23Cl2N3O4. The molecule has 1 aliphatic heterocycles. The summed E-state index contributed by atoms with van der Waals surface area (Å²) in [5, 5.41) is 10.1. The van der Waals surface area contributed by atoms with Gasteiger partial charge in [0, 0.05) is 31.0 Å². The van der Waals surface area contributed by atoms with Crippen molar-refractivity contribution in [3.63, 3.8) is 0 Å². The van der Waals surface area contributed by atoms with Gasteiger partial charge in [-0.3, -0.25) is 9.59 Å². The van der Waals surface area contributed by atoms with Crippen LogP contribution in [0.5, 0.6) is 17.2 Å². The van der Waals surface area contributed by atoms with Crippen molar-refractivity contribution in [2.75, 3.05) is 18.1 Å². The van der Waals surface area contributed by atoms with Crippen molar-refractivity contribution in [2.24, 2.45) is 5.73 Å². The molecule has 0 bridgehead atoms. The SMILES string of the molecule is N#Cc1cccc(Cl)c1Oc1cc([C@H]2CC(=O)N(c3ccc(OCCCC(N)=O)cc3)C2)ccc1Cl. The van der Waals surface area contributed by atoms with E-state index in [1.807, 2.05) is 18.2 Å². The van der Waals surface area contributed by atoms with Crippen molar-refractivity contribution in [3.8, 4) is 23.3 Å². The zero-order valence-corrected chi connectivity index (χ0v) is 20.8. The molecule has 36 heavy (non-hydrogen) atoms. The van der Waals surface area contributed by atoms with Gasteiger partial charge >= 0.3 is 0 Å². The molecule has 3 aromatic carbocycles. The summed E-state index contributed by atoms with van der Waals surface area (Å²) in [6.07, 6.45) is 1.16. The maximum atomic E-state index is 12.8. The van der Waals surface area contributed by atoms with Crippen LogP contribution in [0.2, 0.25) is 10.0 Å². The Morgan fingerprint density at radius 1 is 1.11 bits per heavy atom. The van der Waals surface area contributed by atoms with Crippen molar-refractivity contribution in [1.29, 1.82) is 5.26 Å². The normalized spacial score (nSPS) is 15.0. The summed E-state index contributed by atoms with van der Waals surface area (Å²) in [7, 11) is 0. The van der Waals surface area contributed by atoms with Gasteiger partial charge in [-0.15, -0.1) is 0 Å². The van der Waals surface area contributed by atoms with Crippen LogP contribution in [0, 0.1) is 11.3 Å². The second kappa shape index (κ2) is 11.3. The van der Waals surface area contributed by atoms with E-state index in [0.29, 0.717) is 53.1 Å². The molecule has 2 amide bonds. The Bertz CT molecular complexity index is 1320. The number of hydrogen-bond donors (Lipinski definition) is 1. The third kappa shape index (κ3) is 5.91. The zero-order chi connectivity index (χ0) is 25.7. The van der Waals surface area contributed by atoms with Crippen LogP contribution in [0.4, 0.5) is 5.69 Å². The molecule has 0 aromatic heterocycles. The largest absolute Gasteiger partial charge is 0.494 e. The first kappa shape index (κ1) is 25.4. The quantitative estimate of drug-likeness (QED) is 0.355. The monoisotopic (exact) mass is 523 g/mol. The minimum atomic E-state index is -0.355. The van der Waals surface area contributed by atoms with E-state index in [1.54, 1.807) is 47.4 Å². The molecule has 0 radical (unpaired) electrons. The molecule has 1 atom stereocenters. The number of nitriles is 1. The van der Waals surface area contributed by atoms with Crippen molar-refractivity contribution in [1.82, 2.24) is 0 Å². The van der Waals surface area contributed by atoms with Gasteiger partial charge in [0.15, 0.2) is 5.75 Å². The Kier molecular flexibility index (Phi) is 7.99. The fourth-order valence-electron chi connectivity index (χ4n) is 4.00. The lowest BCUT2D eigenvalue weighted by atomic mass is 9.98. The van der Waals surface area contributed by atoms with Gasteiger partial charge in [-0.1, -0.05) is 35.3 Å². The van der Waals surface area contributed by atoms with Gasteiger partial charge in [0.25, 0.3) is 0 Å². The fourth-order valence-corrected chi connectivity index (χ4v) is 4.37. The number of anilines is 1. The van der Waals surface area contributed by atoms with Crippen molar-refractivity contribution >= 4 is 40.7 Å². The lowest BCUT2D eigenvalue weighted by molar-refractivity contribution is -0.118. The Morgan fingerprint density at radius 3 is 2.61 bits per heavy atom. The second-order valence-electron chi connectivity index (χ2n) is 8.34. The summed E-state index contributed by atoms with van der Waals surface area (Å²) < 4.78 is 11.6. The van der Waals surface area contributed by atoms with Crippen LogP contribution in [0.15, 0.2) is 60.7 Å². The minimum Gasteiger partial charge on any atom is -0.494 e. The van der Waals surface area contributed by atoms with Crippen LogP contribution in [-0.2, 0) is 9.59 Å². The number of rotatable bonds is 9. The van der Waals surface area contributed by atoms with Gasteiger partial charge in [-0.25, -0.2) is 0 Å². The highest BCUT2D eigenvalue weighted by atomic mass is 35.5. The molecule has 0 aliphatic carbocycles. The van der Waals surface area contributed by atoms with Crippen LogP contribution in [0.25, 0.3) is 0 Å². The molecule has 0 spiro atoms. The van der Waals surface area contributed by atoms with Gasteiger partial charge in [-0.05, 0) is 60.5 Å². The Hall–Kier alpha value is -3.73. The minimum absolute atomic E-state index is 0.00501. The predicted octanol–water partition coefficient (Wildman–Crippen LogP) is 5.82. The van der Waals surface area contributed by atoms with E-state index in [2.05, 4.69) is 6.07 Å². The molecule has 0 unspecified atom stereocenters. The maximum absolute atomic E-state index is 12.8. The topological polar surface area (TPSA) is 106 Å². The number of nitrogens with zero attached hydrogens (tertiary/aromatic N) is 2. The molecule has 1 fully saturated rings. The van der Waals surface area contributed by atoms with Gasteiger partial charge in [-0.2, -0.15) is 5.26 Å². The molecule has 2 N–H and O–H groups in total. The molecule has 1 heterocycles. The van der Waals surface area contributed by atoms with Crippen LogP contribution in [-0.4, -0.2) is 25.0 Å². The van der Waals surface area contributed by atoms with E-state index in [9.17, 15) is 14.9 Å². The van der Waals surface area contributed by atoms with Crippen molar-refractivity contribution < 1.29 is 19.1 Å². The molecule has 3 aromatic rings. The lowest BCUT2D eigenvalue weighted by Gasteiger charge is -2.18. The fraction of sp³-hybridized carbons (Fsp3) is 0.222. The Balaban J connectivity index is 1.46. The number of halogens is 2. The summed E-state index contributed by atoms with van der Waals surface area (Å²) in [5.41, 5.74) is 7.10. The average Bonchev–Trinajstić information content (AvgIpc) is 3.26. The highest BCUT2D eigenvalue weighted by molar-refractivity contribution is 6.33. The smallest absolute Gasteiger partial charge is 0.227 e. The Morgan fingerprint density at radius 2 is 1.89 bits per heavy atom. The van der Waals surface area contributed by atoms with Crippen LogP contribution >= 0.6 is 23.2 Å². The van der Waals surface area contributed by atoms with Gasteiger partial charge in [0.05, 0.1) is 22.2 Å². The zero-order valence-electron chi connectivity index (χ0n) is 19.2. The number of amides is 2. The number of para-hydroxylation sites is 1. The molecule has 4 rings (SSSR count). The van der Waals surface area contributed by atoms with Crippen LogP contribution < -0.4 is 20.1 Å².